The summed E-state index contributed by atoms with van der Waals surface area (Å²) in [4.78, 5) is 24.5. The Bertz CT molecular complexity index is 915. The highest BCUT2D eigenvalue weighted by molar-refractivity contribution is 9.10. The van der Waals surface area contributed by atoms with E-state index < -0.39 is 11.4 Å². The van der Waals surface area contributed by atoms with Crippen molar-refractivity contribution in [2.75, 3.05) is 0 Å². The van der Waals surface area contributed by atoms with Gasteiger partial charge >= 0.3 is 5.63 Å². The van der Waals surface area contributed by atoms with Crippen molar-refractivity contribution < 1.29 is 9.21 Å². The molecule has 21 heavy (non-hydrogen) atoms. The lowest BCUT2D eigenvalue weighted by Crippen LogP contribution is -2.15. The fraction of sp³-hybridized carbons (Fsp3) is 0. The van der Waals surface area contributed by atoms with Crippen molar-refractivity contribution in [3.63, 3.8) is 0 Å². The van der Waals surface area contributed by atoms with Gasteiger partial charge in [0.15, 0.2) is 0 Å². The summed E-state index contributed by atoms with van der Waals surface area (Å²) in [5.41, 5.74) is 0.00293. The first-order valence-electron chi connectivity index (χ1n) is 6.09. The van der Waals surface area contributed by atoms with Crippen LogP contribution in [0.5, 0.6) is 0 Å². The van der Waals surface area contributed by atoms with Crippen LogP contribution in [0.15, 0.2) is 62.2 Å². The standard InChI is InChI=1S/C16H8BrClO3/c17-10-5-6-14-9(7-10)8-12(16(20)21-14)15(19)11-3-1-2-4-13(11)18/h1-8H. The van der Waals surface area contributed by atoms with E-state index in [0.29, 0.717) is 16.0 Å². The minimum absolute atomic E-state index is 0.0336. The number of rotatable bonds is 2. The van der Waals surface area contributed by atoms with Gasteiger partial charge in [0.2, 0.25) is 5.78 Å². The second-order valence-electron chi connectivity index (χ2n) is 4.44. The Morgan fingerprint density at radius 2 is 1.81 bits per heavy atom. The number of carbonyl (C=O) groups is 1. The minimum atomic E-state index is -0.672. The highest BCUT2D eigenvalue weighted by atomic mass is 79.9. The zero-order valence-electron chi connectivity index (χ0n) is 10.6. The minimum Gasteiger partial charge on any atom is -0.422 e. The monoisotopic (exact) mass is 362 g/mol. The Morgan fingerprint density at radius 1 is 1.05 bits per heavy atom. The first-order chi connectivity index (χ1) is 10.1. The number of ketones is 1. The van der Waals surface area contributed by atoms with Crippen molar-refractivity contribution in [2.45, 2.75) is 0 Å². The molecule has 0 radical (unpaired) electrons. The van der Waals surface area contributed by atoms with Gasteiger partial charge in [-0.15, -0.1) is 0 Å². The van der Waals surface area contributed by atoms with Gasteiger partial charge in [-0.05, 0) is 36.4 Å². The van der Waals surface area contributed by atoms with Crippen LogP contribution in [0.4, 0.5) is 0 Å². The molecule has 0 amide bonds. The van der Waals surface area contributed by atoms with Crippen molar-refractivity contribution in [2.24, 2.45) is 0 Å². The molecule has 3 nitrogen and oxygen atoms in total. The molecule has 0 atom stereocenters. The van der Waals surface area contributed by atoms with Crippen LogP contribution >= 0.6 is 27.5 Å². The number of benzene rings is 2. The fourth-order valence-corrected chi connectivity index (χ4v) is 2.64. The molecule has 0 aliphatic heterocycles. The Balaban J connectivity index is 2.20. The van der Waals surface area contributed by atoms with E-state index in [9.17, 15) is 9.59 Å². The summed E-state index contributed by atoms with van der Waals surface area (Å²) in [6.07, 6.45) is 0. The molecule has 3 rings (SSSR count). The molecule has 0 bridgehead atoms. The fourth-order valence-electron chi connectivity index (χ4n) is 2.04. The van der Waals surface area contributed by atoms with E-state index in [1.54, 1.807) is 42.5 Å². The molecule has 0 saturated carbocycles. The van der Waals surface area contributed by atoms with Gasteiger partial charge in [-0.1, -0.05) is 39.7 Å². The van der Waals surface area contributed by atoms with Crippen LogP contribution in [-0.2, 0) is 0 Å². The summed E-state index contributed by atoms with van der Waals surface area (Å²) in [5, 5.41) is 0.968. The van der Waals surface area contributed by atoms with Gasteiger partial charge < -0.3 is 4.42 Å². The molecule has 0 fully saturated rings. The molecule has 0 saturated heterocycles. The maximum Gasteiger partial charge on any atom is 0.347 e. The number of hydrogen-bond donors (Lipinski definition) is 0. The zero-order chi connectivity index (χ0) is 15.0. The molecule has 0 spiro atoms. The summed E-state index contributed by atoms with van der Waals surface area (Å²) in [6, 6.07) is 13.3. The van der Waals surface area contributed by atoms with Gasteiger partial charge in [0.1, 0.15) is 11.1 Å². The van der Waals surface area contributed by atoms with Crippen LogP contribution in [0.3, 0.4) is 0 Å². The molecule has 5 heteroatoms. The topological polar surface area (TPSA) is 47.3 Å². The number of carbonyl (C=O) groups excluding carboxylic acids is 1. The van der Waals surface area contributed by atoms with Crippen LogP contribution in [0, 0.1) is 0 Å². The summed E-state index contributed by atoms with van der Waals surface area (Å²) in [5.74, 6) is -0.448. The Labute approximate surface area is 133 Å². The summed E-state index contributed by atoms with van der Waals surface area (Å²) < 4.78 is 6.02. The zero-order valence-corrected chi connectivity index (χ0v) is 12.9. The van der Waals surface area contributed by atoms with Crippen molar-refractivity contribution >= 4 is 44.3 Å². The first-order valence-corrected chi connectivity index (χ1v) is 7.26. The third-order valence-corrected chi connectivity index (χ3v) is 3.88. The SMILES string of the molecule is O=C(c1ccccc1Cl)c1cc2cc(Br)ccc2oc1=O. The van der Waals surface area contributed by atoms with Crippen LogP contribution in [0.25, 0.3) is 11.0 Å². The highest BCUT2D eigenvalue weighted by Gasteiger charge is 2.18. The van der Waals surface area contributed by atoms with Gasteiger partial charge in [0.05, 0.1) is 5.02 Å². The lowest BCUT2D eigenvalue weighted by molar-refractivity contribution is 0.103. The maximum atomic E-state index is 12.5. The average Bonchev–Trinajstić information content (AvgIpc) is 2.47. The smallest absolute Gasteiger partial charge is 0.347 e. The molecular weight excluding hydrogens is 356 g/mol. The van der Waals surface area contributed by atoms with E-state index >= 15 is 0 Å². The van der Waals surface area contributed by atoms with E-state index in [2.05, 4.69) is 15.9 Å². The number of fused-ring (bicyclic) bond motifs is 1. The third kappa shape index (κ3) is 2.64. The molecule has 0 aliphatic rings. The van der Waals surface area contributed by atoms with Gasteiger partial charge in [-0.2, -0.15) is 0 Å². The largest absolute Gasteiger partial charge is 0.422 e. The van der Waals surface area contributed by atoms with Gasteiger partial charge in [0, 0.05) is 15.4 Å². The Morgan fingerprint density at radius 3 is 2.57 bits per heavy atom. The normalized spacial score (nSPS) is 10.8. The van der Waals surface area contributed by atoms with E-state index in [1.165, 1.54) is 6.07 Å². The van der Waals surface area contributed by atoms with Gasteiger partial charge in [0.25, 0.3) is 0 Å². The van der Waals surface area contributed by atoms with E-state index in [4.69, 9.17) is 16.0 Å². The molecule has 0 unspecified atom stereocenters. The number of hydrogen-bond acceptors (Lipinski definition) is 3. The second-order valence-corrected chi connectivity index (χ2v) is 5.76. The van der Waals surface area contributed by atoms with Crippen molar-refractivity contribution in [3.05, 3.63) is 79.6 Å². The van der Waals surface area contributed by atoms with E-state index in [-0.39, 0.29) is 11.1 Å². The summed E-state index contributed by atoms with van der Waals surface area (Å²) >= 11 is 9.35. The molecule has 0 aliphatic carbocycles. The lowest BCUT2D eigenvalue weighted by atomic mass is 10.0. The van der Waals surface area contributed by atoms with Crippen LogP contribution in [0.2, 0.25) is 5.02 Å². The molecule has 3 aromatic rings. The van der Waals surface area contributed by atoms with Crippen LogP contribution in [0.1, 0.15) is 15.9 Å². The van der Waals surface area contributed by atoms with Gasteiger partial charge in [-0.3, -0.25) is 4.79 Å². The molecule has 1 aromatic heterocycles. The first kappa shape index (κ1) is 14.0. The van der Waals surface area contributed by atoms with Crippen LogP contribution < -0.4 is 5.63 Å². The van der Waals surface area contributed by atoms with Crippen LogP contribution in [-0.4, -0.2) is 5.78 Å². The molecule has 2 aromatic carbocycles. The second kappa shape index (κ2) is 5.47. The Hall–Kier alpha value is -1.91. The molecule has 1 heterocycles. The predicted octanol–water partition coefficient (Wildman–Crippen LogP) is 4.44. The van der Waals surface area contributed by atoms with Gasteiger partial charge in [-0.25, -0.2) is 4.79 Å². The Kier molecular flexibility index (Phi) is 3.66. The average molecular weight is 364 g/mol. The van der Waals surface area contributed by atoms with E-state index in [0.717, 1.165) is 4.47 Å². The summed E-state index contributed by atoms with van der Waals surface area (Å²) in [7, 11) is 0. The molecular formula is C16H8BrClO3. The quantitative estimate of drug-likeness (QED) is 0.499. The maximum absolute atomic E-state index is 12.5. The van der Waals surface area contributed by atoms with Crippen molar-refractivity contribution in [1.29, 1.82) is 0 Å². The third-order valence-electron chi connectivity index (χ3n) is 3.06. The van der Waals surface area contributed by atoms with Crippen molar-refractivity contribution in [1.82, 2.24) is 0 Å². The summed E-state index contributed by atoms with van der Waals surface area (Å²) in [6.45, 7) is 0. The lowest BCUT2D eigenvalue weighted by Gasteiger charge is -2.04. The van der Waals surface area contributed by atoms with E-state index in [1.807, 2.05) is 0 Å². The highest BCUT2D eigenvalue weighted by Crippen LogP contribution is 2.22. The predicted molar refractivity (Wildman–Crippen MR) is 85.1 cm³/mol. The number of halogens is 2. The molecule has 104 valence electrons. The van der Waals surface area contributed by atoms with Crippen molar-refractivity contribution in [3.8, 4) is 0 Å². The molecule has 0 N–H and O–H groups in total.